The molecule has 0 atom stereocenters. The van der Waals surface area contributed by atoms with Crippen molar-refractivity contribution in [3.05, 3.63) is 21.9 Å². The van der Waals surface area contributed by atoms with Crippen LogP contribution in [0.15, 0.2) is 11.4 Å². The summed E-state index contributed by atoms with van der Waals surface area (Å²) in [5.74, 6) is -0.0582. The Balaban J connectivity index is 2.81. The fourth-order valence-corrected chi connectivity index (χ4v) is 2.25. The van der Waals surface area contributed by atoms with Gasteiger partial charge in [0.25, 0.3) is 0 Å². The maximum absolute atomic E-state index is 10.6. The van der Waals surface area contributed by atoms with Gasteiger partial charge in [0, 0.05) is 4.88 Å². The smallest absolute Gasteiger partial charge is 0.213 e. The number of thiophene rings is 1. The summed E-state index contributed by atoms with van der Waals surface area (Å²) in [6.45, 7) is 1.93. The first-order valence-corrected chi connectivity index (χ1v) is 5.61. The summed E-state index contributed by atoms with van der Waals surface area (Å²) in [7, 11) is -3.36. The van der Waals surface area contributed by atoms with Gasteiger partial charge in [-0.1, -0.05) is 0 Å². The van der Waals surface area contributed by atoms with E-state index < -0.39 is 10.0 Å². The lowest BCUT2D eigenvalue weighted by Crippen LogP contribution is -2.13. The SMILES string of the molecule is Cc1cc(CS(N)(=O)=O)cs1. The van der Waals surface area contributed by atoms with E-state index in [1.54, 1.807) is 5.38 Å². The van der Waals surface area contributed by atoms with Crippen molar-refractivity contribution in [1.82, 2.24) is 0 Å². The highest BCUT2D eigenvalue weighted by Crippen LogP contribution is 2.14. The normalized spacial score (nSPS) is 11.8. The Labute approximate surface area is 69.9 Å². The molecule has 2 N–H and O–H groups in total. The van der Waals surface area contributed by atoms with Gasteiger partial charge in [-0.05, 0) is 23.9 Å². The summed E-state index contributed by atoms with van der Waals surface area (Å²) in [6.07, 6.45) is 0. The van der Waals surface area contributed by atoms with E-state index in [2.05, 4.69) is 0 Å². The first-order valence-electron chi connectivity index (χ1n) is 3.02. The second-order valence-electron chi connectivity index (χ2n) is 2.37. The van der Waals surface area contributed by atoms with E-state index >= 15 is 0 Å². The molecule has 0 bridgehead atoms. The summed E-state index contributed by atoms with van der Waals surface area (Å²) >= 11 is 1.53. The Morgan fingerprint density at radius 2 is 2.27 bits per heavy atom. The van der Waals surface area contributed by atoms with Gasteiger partial charge in [0.2, 0.25) is 10.0 Å². The minimum atomic E-state index is -3.36. The molecule has 0 aliphatic carbocycles. The van der Waals surface area contributed by atoms with Crippen LogP contribution in [0.25, 0.3) is 0 Å². The molecule has 0 aromatic carbocycles. The lowest BCUT2D eigenvalue weighted by Gasteiger charge is -1.91. The second kappa shape index (κ2) is 2.92. The van der Waals surface area contributed by atoms with Crippen molar-refractivity contribution in [2.45, 2.75) is 12.7 Å². The lowest BCUT2D eigenvalue weighted by molar-refractivity contribution is 0.597. The van der Waals surface area contributed by atoms with E-state index in [4.69, 9.17) is 5.14 Å². The Morgan fingerprint density at radius 3 is 2.64 bits per heavy atom. The van der Waals surface area contributed by atoms with Gasteiger partial charge in [-0.2, -0.15) is 0 Å². The van der Waals surface area contributed by atoms with Gasteiger partial charge >= 0.3 is 0 Å². The highest BCUT2D eigenvalue weighted by Gasteiger charge is 2.05. The number of primary sulfonamides is 1. The van der Waals surface area contributed by atoms with E-state index in [1.807, 2.05) is 13.0 Å². The largest absolute Gasteiger partial charge is 0.228 e. The minimum Gasteiger partial charge on any atom is -0.228 e. The maximum Gasteiger partial charge on any atom is 0.213 e. The van der Waals surface area contributed by atoms with Crippen LogP contribution in [0.5, 0.6) is 0 Å². The molecule has 3 nitrogen and oxygen atoms in total. The summed E-state index contributed by atoms with van der Waals surface area (Å²) < 4.78 is 21.2. The van der Waals surface area contributed by atoms with E-state index in [1.165, 1.54) is 11.3 Å². The first-order chi connectivity index (χ1) is 4.97. The zero-order valence-corrected chi connectivity index (χ0v) is 7.71. The Kier molecular flexibility index (Phi) is 2.31. The zero-order valence-electron chi connectivity index (χ0n) is 6.07. The third-order valence-electron chi connectivity index (χ3n) is 1.15. The average molecular weight is 191 g/mol. The lowest BCUT2D eigenvalue weighted by atomic mass is 10.3. The van der Waals surface area contributed by atoms with Crippen molar-refractivity contribution in [3.8, 4) is 0 Å². The molecule has 62 valence electrons. The molecule has 1 rings (SSSR count). The molecule has 0 aliphatic rings. The fraction of sp³-hybridized carbons (Fsp3) is 0.333. The van der Waals surface area contributed by atoms with E-state index in [-0.39, 0.29) is 5.75 Å². The number of nitrogens with two attached hydrogens (primary N) is 1. The van der Waals surface area contributed by atoms with Crippen molar-refractivity contribution < 1.29 is 8.42 Å². The van der Waals surface area contributed by atoms with Gasteiger partial charge in [0.1, 0.15) is 0 Å². The van der Waals surface area contributed by atoms with Crippen LogP contribution in [0.1, 0.15) is 10.4 Å². The molecule has 1 aromatic rings. The molecule has 0 saturated carbocycles. The Bertz CT molecular complexity index is 339. The van der Waals surface area contributed by atoms with Crippen molar-refractivity contribution in [2.24, 2.45) is 5.14 Å². The molecule has 11 heavy (non-hydrogen) atoms. The van der Waals surface area contributed by atoms with Crippen LogP contribution in [0.3, 0.4) is 0 Å². The average Bonchev–Trinajstić information content (AvgIpc) is 2.10. The fourth-order valence-electron chi connectivity index (χ4n) is 0.806. The monoisotopic (exact) mass is 191 g/mol. The van der Waals surface area contributed by atoms with Gasteiger partial charge in [-0.3, -0.25) is 0 Å². The molecule has 0 radical (unpaired) electrons. The van der Waals surface area contributed by atoms with Crippen LogP contribution < -0.4 is 5.14 Å². The van der Waals surface area contributed by atoms with Gasteiger partial charge in [-0.25, -0.2) is 13.6 Å². The highest BCUT2D eigenvalue weighted by molar-refractivity contribution is 7.88. The van der Waals surface area contributed by atoms with Crippen molar-refractivity contribution in [2.75, 3.05) is 0 Å². The van der Waals surface area contributed by atoms with E-state index in [0.29, 0.717) is 0 Å². The van der Waals surface area contributed by atoms with Crippen LogP contribution in [-0.2, 0) is 15.8 Å². The topological polar surface area (TPSA) is 60.2 Å². The van der Waals surface area contributed by atoms with Crippen molar-refractivity contribution in [1.29, 1.82) is 0 Å². The molecule has 5 heteroatoms. The minimum absolute atomic E-state index is 0.0582. The van der Waals surface area contributed by atoms with Gasteiger partial charge < -0.3 is 0 Å². The number of sulfonamides is 1. The van der Waals surface area contributed by atoms with Gasteiger partial charge in [-0.15, -0.1) is 11.3 Å². The van der Waals surface area contributed by atoms with Crippen LogP contribution in [-0.4, -0.2) is 8.42 Å². The number of hydrogen-bond acceptors (Lipinski definition) is 3. The Morgan fingerprint density at radius 1 is 1.64 bits per heavy atom. The molecule has 0 spiro atoms. The van der Waals surface area contributed by atoms with Crippen molar-refractivity contribution >= 4 is 21.4 Å². The summed E-state index contributed by atoms with van der Waals surface area (Å²) in [6, 6.07) is 1.83. The first kappa shape index (κ1) is 8.70. The van der Waals surface area contributed by atoms with Crippen LogP contribution >= 0.6 is 11.3 Å². The second-order valence-corrected chi connectivity index (χ2v) is 5.10. The summed E-state index contributed by atoms with van der Waals surface area (Å²) in [5.41, 5.74) is 0.773. The molecule has 0 amide bonds. The maximum atomic E-state index is 10.6. The number of aryl methyl sites for hydroxylation is 1. The van der Waals surface area contributed by atoms with Crippen LogP contribution in [0, 0.1) is 6.92 Å². The third-order valence-corrected chi connectivity index (χ3v) is 2.80. The molecular weight excluding hydrogens is 182 g/mol. The molecule has 0 fully saturated rings. The highest BCUT2D eigenvalue weighted by atomic mass is 32.2. The van der Waals surface area contributed by atoms with Crippen molar-refractivity contribution in [3.63, 3.8) is 0 Å². The molecule has 0 unspecified atom stereocenters. The third kappa shape index (κ3) is 3.00. The standard InChI is InChI=1S/C6H9NO2S2/c1-5-2-6(3-10-5)4-11(7,8)9/h2-3H,4H2,1H3,(H2,7,8,9). The summed E-state index contributed by atoms with van der Waals surface area (Å²) in [5, 5.41) is 6.66. The predicted octanol–water partition coefficient (Wildman–Crippen LogP) is 0.845. The van der Waals surface area contributed by atoms with Crippen LogP contribution in [0.4, 0.5) is 0 Å². The predicted molar refractivity (Wildman–Crippen MR) is 45.9 cm³/mol. The summed E-state index contributed by atoms with van der Waals surface area (Å²) in [4.78, 5) is 1.10. The van der Waals surface area contributed by atoms with E-state index in [0.717, 1.165) is 10.4 Å². The zero-order chi connectivity index (χ0) is 8.48. The number of hydrogen-bond donors (Lipinski definition) is 1. The van der Waals surface area contributed by atoms with Gasteiger partial charge in [0.05, 0.1) is 5.75 Å². The number of rotatable bonds is 2. The molecule has 0 aliphatic heterocycles. The molecule has 1 heterocycles. The molecule has 0 saturated heterocycles. The molecular formula is C6H9NO2S2. The van der Waals surface area contributed by atoms with E-state index in [9.17, 15) is 8.42 Å². The van der Waals surface area contributed by atoms with Crippen LogP contribution in [0.2, 0.25) is 0 Å². The molecule has 1 aromatic heterocycles. The quantitative estimate of drug-likeness (QED) is 0.753. The Hall–Kier alpha value is -0.390. The van der Waals surface area contributed by atoms with Gasteiger partial charge in [0.15, 0.2) is 0 Å².